The Morgan fingerprint density at radius 3 is 2.53 bits per heavy atom. The van der Waals surface area contributed by atoms with Crippen LogP contribution >= 0.6 is 0 Å². The molecule has 0 bridgehead atoms. The summed E-state index contributed by atoms with van der Waals surface area (Å²) >= 11 is 0. The SMILES string of the molecule is CNC(=O)C(C)(C)CNC(=O)C1CC(C)CCC1N. The molecule has 0 aromatic rings. The van der Waals surface area contributed by atoms with E-state index in [2.05, 4.69) is 17.6 Å². The number of hydrogen-bond donors (Lipinski definition) is 3. The second-order valence-electron chi connectivity index (χ2n) is 6.37. The molecule has 5 nitrogen and oxygen atoms in total. The van der Waals surface area contributed by atoms with Crippen molar-refractivity contribution >= 4 is 11.8 Å². The molecule has 1 aliphatic rings. The molecule has 0 aromatic carbocycles. The number of carbonyl (C=O) groups excluding carboxylic acids is 2. The standard InChI is InChI=1S/C14H27N3O2/c1-9-5-6-11(15)10(7-9)12(18)17-8-14(2,3)13(19)16-4/h9-11H,5-8,15H2,1-4H3,(H,16,19)(H,17,18). The van der Waals surface area contributed by atoms with Gasteiger partial charge >= 0.3 is 0 Å². The summed E-state index contributed by atoms with van der Waals surface area (Å²) in [5, 5.41) is 5.49. The first kappa shape index (κ1) is 16.0. The summed E-state index contributed by atoms with van der Waals surface area (Å²) in [7, 11) is 1.60. The molecule has 0 spiro atoms. The minimum Gasteiger partial charge on any atom is -0.359 e. The van der Waals surface area contributed by atoms with Crippen molar-refractivity contribution in [2.24, 2.45) is 23.0 Å². The molecular weight excluding hydrogens is 242 g/mol. The van der Waals surface area contributed by atoms with Crippen molar-refractivity contribution in [2.75, 3.05) is 13.6 Å². The summed E-state index contributed by atoms with van der Waals surface area (Å²) < 4.78 is 0. The highest BCUT2D eigenvalue weighted by molar-refractivity contribution is 5.84. The number of carbonyl (C=O) groups is 2. The van der Waals surface area contributed by atoms with Crippen LogP contribution in [-0.2, 0) is 9.59 Å². The van der Waals surface area contributed by atoms with E-state index in [9.17, 15) is 9.59 Å². The van der Waals surface area contributed by atoms with Crippen LogP contribution in [0.1, 0.15) is 40.0 Å². The van der Waals surface area contributed by atoms with Crippen LogP contribution in [0.4, 0.5) is 0 Å². The fourth-order valence-corrected chi connectivity index (χ4v) is 2.56. The maximum Gasteiger partial charge on any atom is 0.227 e. The van der Waals surface area contributed by atoms with E-state index in [0.29, 0.717) is 12.5 Å². The lowest BCUT2D eigenvalue weighted by Crippen LogP contribution is -2.49. The summed E-state index contributed by atoms with van der Waals surface area (Å²) in [6, 6.07) is -0.0562. The molecule has 1 rings (SSSR count). The Balaban J connectivity index is 2.53. The van der Waals surface area contributed by atoms with Gasteiger partial charge in [0, 0.05) is 19.6 Å². The van der Waals surface area contributed by atoms with Crippen LogP contribution < -0.4 is 16.4 Å². The summed E-state index contributed by atoms with van der Waals surface area (Å²) in [5.41, 5.74) is 5.42. The van der Waals surface area contributed by atoms with Crippen LogP contribution in [0.2, 0.25) is 0 Å². The first-order chi connectivity index (χ1) is 8.77. The normalized spacial score (nSPS) is 27.7. The van der Waals surface area contributed by atoms with Crippen LogP contribution in [0.3, 0.4) is 0 Å². The van der Waals surface area contributed by atoms with Crippen molar-refractivity contribution in [3.8, 4) is 0 Å². The van der Waals surface area contributed by atoms with Gasteiger partial charge in [0.1, 0.15) is 0 Å². The molecule has 5 heteroatoms. The van der Waals surface area contributed by atoms with Crippen LogP contribution in [0, 0.1) is 17.3 Å². The molecule has 1 aliphatic carbocycles. The molecule has 0 saturated heterocycles. The van der Waals surface area contributed by atoms with Crippen molar-refractivity contribution in [1.82, 2.24) is 10.6 Å². The molecule has 3 atom stereocenters. The van der Waals surface area contributed by atoms with Gasteiger partial charge in [-0.05, 0) is 39.0 Å². The summed E-state index contributed by atoms with van der Waals surface area (Å²) in [5.74, 6) is 0.330. The van der Waals surface area contributed by atoms with Crippen LogP contribution in [-0.4, -0.2) is 31.4 Å². The van der Waals surface area contributed by atoms with Crippen molar-refractivity contribution in [3.63, 3.8) is 0 Å². The molecule has 2 amide bonds. The molecule has 0 heterocycles. The molecule has 1 saturated carbocycles. The van der Waals surface area contributed by atoms with Gasteiger partial charge < -0.3 is 16.4 Å². The zero-order valence-electron chi connectivity index (χ0n) is 12.5. The highest BCUT2D eigenvalue weighted by atomic mass is 16.2. The second-order valence-corrected chi connectivity index (χ2v) is 6.37. The van der Waals surface area contributed by atoms with E-state index in [0.717, 1.165) is 19.3 Å². The Morgan fingerprint density at radius 2 is 1.95 bits per heavy atom. The highest BCUT2D eigenvalue weighted by Gasteiger charge is 2.33. The Bertz CT molecular complexity index is 342. The number of hydrogen-bond acceptors (Lipinski definition) is 3. The molecule has 0 aromatic heterocycles. The Morgan fingerprint density at radius 1 is 1.32 bits per heavy atom. The quantitative estimate of drug-likeness (QED) is 0.700. The predicted molar refractivity (Wildman–Crippen MR) is 75.3 cm³/mol. The lowest BCUT2D eigenvalue weighted by Gasteiger charge is -2.32. The third-order valence-corrected chi connectivity index (χ3v) is 4.05. The topological polar surface area (TPSA) is 84.2 Å². The Labute approximate surface area is 115 Å². The molecule has 19 heavy (non-hydrogen) atoms. The average molecular weight is 269 g/mol. The van der Waals surface area contributed by atoms with E-state index < -0.39 is 5.41 Å². The van der Waals surface area contributed by atoms with Crippen LogP contribution in [0.15, 0.2) is 0 Å². The van der Waals surface area contributed by atoms with E-state index >= 15 is 0 Å². The minimum absolute atomic E-state index is 0.0176. The number of nitrogens with one attached hydrogen (secondary N) is 2. The van der Waals surface area contributed by atoms with Gasteiger partial charge in [0.15, 0.2) is 0 Å². The molecule has 1 fully saturated rings. The van der Waals surface area contributed by atoms with Gasteiger partial charge in [0.2, 0.25) is 11.8 Å². The number of rotatable bonds is 4. The largest absolute Gasteiger partial charge is 0.359 e. The lowest BCUT2D eigenvalue weighted by molar-refractivity contribution is -0.130. The van der Waals surface area contributed by atoms with Gasteiger partial charge in [-0.1, -0.05) is 6.92 Å². The second kappa shape index (κ2) is 6.37. The third kappa shape index (κ3) is 4.20. The van der Waals surface area contributed by atoms with Gasteiger partial charge in [-0.15, -0.1) is 0 Å². The zero-order valence-corrected chi connectivity index (χ0v) is 12.5. The lowest BCUT2D eigenvalue weighted by atomic mass is 9.78. The maximum atomic E-state index is 12.2. The predicted octanol–water partition coefficient (Wildman–Crippen LogP) is 0.638. The van der Waals surface area contributed by atoms with E-state index in [1.807, 2.05) is 13.8 Å². The first-order valence-corrected chi connectivity index (χ1v) is 7.03. The average Bonchev–Trinajstić information content (AvgIpc) is 2.37. The molecule has 4 N–H and O–H groups in total. The summed E-state index contributed by atoms with van der Waals surface area (Å²) in [4.78, 5) is 23.8. The van der Waals surface area contributed by atoms with Crippen molar-refractivity contribution in [1.29, 1.82) is 0 Å². The zero-order chi connectivity index (χ0) is 14.6. The molecular formula is C14H27N3O2. The van der Waals surface area contributed by atoms with E-state index in [1.54, 1.807) is 7.05 Å². The Kier molecular flexibility index (Phi) is 5.35. The number of amides is 2. The third-order valence-electron chi connectivity index (χ3n) is 4.05. The van der Waals surface area contributed by atoms with Crippen molar-refractivity contribution in [2.45, 2.75) is 46.1 Å². The Hall–Kier alpha value is -1.10. The van der Waals surface area contributed by atoms with Gasteiger partial charge in [-0.25, -0.2) is 0 Å². The highest BCUT2D eigenvalue weighted by Crippen LogP contribution is 2.28. The summed E-state index contributed by atoms with van der Waals surface area (Å²) in [6.45, 7) is 6.12. The molecule has 3 unspecified atom stereocenters. The summed E-state index contributed by atoms with van der Waals surface area (Å²) in [6.07, 6.45) is 2.83. The van der Waals surface area contributed by atoms with Gasteiger partial charge in [-0.3, -0.25) is 9.59 Å². The molecule has 0 radical (unpaired) electrons. The molecule has 110 valence electrons. The van der Waals surface area contributed by atoms with Gasteiger partial charge in [0.25, 0.3) is 0 Å². The fraction of sp³-hybridized carbons (Fsp3) is 0.857. The minimum atomic E-state index is -0.602. The van der Waals surface area contributed by atoms with Crippen molar-refractivity contribution in [3.05, 3.63) is 0 Å². The van der Waals surface area contributed by atoms with Gasteiger partial charge in [-0.2, -0.15) is 0 Å². The first-order valence-electron chi connectivity index (χ1n) is 7.03. The van der Waals surface area contributed by atoms with Crippen molar-refractivity contribution < 1.29 is 9.59 Å². The van der Waals surface area contributed by atoms with Gasteiger partial charge in [0.05, 0.1) is 11.3 Å². The van der Waals surface area contributed by atoms with E-state index in [-0.39, 0.29) is 23.8 Å². The smallest absolute Gasteiger partial charge is 0.227 e. The fourth-order valence-electron chi connectivity index (χ4n) is 2.56. The van der Waals surface area contributed by atoms with Crippen LogP contribution in [0.25, 0.3) is 0 Å². The van der Waals surface area contributed by atoms with Crippen LogP contribution in [0.5, 0.6) is 0 Å². The maximum absolute atomic E-state index is 12.2. The van der Waals surface area contributed by atoms with E-state index in [1.165, 1.54) is 0 Å². The van der Waals surface area contributed by atoms with E-state index in [4.69, 9.17) is 5.73 Å². The monoisotopic (exact) mass is 269 g/mol. The number of nitrogens with two attached hydrogens (primary N) is 1. The molecule has 0 aliphatic heterocycles.